The van der Waals surface area contributed by atoms with Crippen molar-refractivity contribution in [3.63, 3.8) is 0 Å². The number of carbonyl (C=O) groups is 1. The normalized spacial score (nSPS) is 14.4. The van der Waals surface area contributed by atoms with Crippen LogP contribution in [0.15, 0.2) is 54.7 Å². The lowest BCUT2D eigenvalue weighted by Crippen LogP contribution is -2.50. The van der Waals surface area contributed by atoms with E-state index >= 15 is 0 Å². The second-order valence-electron chi connectivity index (χ2n) is 6.80. The van der Waals surface area contributed by atoms with Crippen LogP contribution >= 0.6 is 11.6 Å². The van der Waals surface area contributed by atoms with Crippen LogP contribution in [0.4, 0.5) is 16.2 Å². The summed E-state index contributed by atoms with van der Waals surface area (Å²) in [5.41, 5.74) is 9.44. The summed E-state index contributed by atoms with van der Waals surface area (Å²) < 4.78 is 0. The Morgan fingerprint density at radius 1 is 1.11 bits per heavy atom. The molecule has 0 spiro atoms. The minimum atomic E-state index is -0.0832. The van der Waals surface area contributed by atoms with Gasteiger partial charge in [-0.2, -0.15) is 0 Å². The Labute approximate surface area is 168 Å². The summed E-state index contributed by atoms with van der Waals surface area (Å²) in [6, 6.07) is 15.3. The van der Waals surface area contributed by atoms with Crippen LogP contribution in [0.3, 0.4) is 0 Å². The highest BCUT2D eigenvalue weighted by Gasteiger charge is 2.22. The number of nitrogens with two attached hydrogens (primary N) is 1. The van der Waals surface area contributed by atoms with Crippen molar-refractivity contribution < 1.29 is 4.79 Å². The third kappa shape index (κ3) is 3.88. The number of piperazine rings is 1. The van der Waals surface area contributed by atoms with Gasteiger partial charge in [0.05, 0.1) is 5.52 Å². The fourth-order valence-corrected chi connectivity index (χ4v) is 3.68. The van der Waals surface area contributed by atoms with Crippen LogP contribution in [0.2, 0.25) is 5.02 Å². The van der Waals surface area contributed by atoms with Crippen molar-refractivity contribution in [3.8, 4) is 0 Å². The van der Waals surface area contributed by atoms with E-state index in [1.807, 2.05) is 53.4 Å². The van der Waals surface area contributed by atoms with Gasteiger partial charge in [-0.15, -0.1) is 0 Å². The van der Waals surface area contributed by atoms with Crippen LogP contribution in [0.5, 0.6) is 0 Å². The molecule has 2 aromatic carbocycles. The van der Waals surface area contributed by atoms with Crippen LogP contribution in [-0.2, 0) is 6.54 Å². The molecule has 0 unspecified atom stereocenters. The molecule has 1 aliphatic heterocycles. The van der Waals surface area contributed by atoms with Gasteiger partial charge in [0.25, 0.3) is 0 Å². The maximum atomic E-state index is 12.6. The Bertz CT molecular complexity index is 1000. The first kappa shape index (κ1) is 18.5. The summed E-state index contributed by atoms with van der Waals surface area (Å²) in [7, 11) is 0. The number of nitrogens with one attached hydrogen (secondary N) is 1. The quantitative estimate of drug-likeness (QED) is 0.709. The molecule has 3 N–H and O–H groups in total. The number of amides is 2. The van der Waals surface area contributed by atoms with Crippen molar-refractivity contribution in [2.45, 2.75) is 6.54 Å². The van der Waals surface area contributed by atoms with Gasteiger partial charge in [-0.1, -0.05) is 23.7 Å². The molecule has 0 aliphatic carbocycles. The van der Waals surface area contributed by atoms with Crippen LogP contribution in [-0.4, -0.2) is 42.1 Å². The molecule has 1 fully saturated rings. The minimum Gasteiger partial charge on any atom is -0.367 e. The summed E-state index contributed by atoms with van der Waals surface area (Å²) in [6.45, 7) is 3.28. The summed E-state index contributed by atoms with van der Waals surface area (Å²) in [6.07, 6.45) is 1.80. The first-order valence-electron chi connectivity index (χ1n) is 9.28. The van der Waals surface area contributed by atoms with E-state index in [-0.39, 0.29) is 6.03 Å². The summed E-state index contributed by atoms with van der Waals surface area (Å²) in [5, 5.41) is 4.72. The van der Waals surface area contributed by atoms with Gasteiger partial charge in [0.15, 0.2) is 0 Å². The molecule has 0 atom stereocenters. The molecule has 1 aromatic heterocycles. The maximum Gasteiger partial charge on any atom is 0.321 e. The predicted molar refractivity (Wildman–Crippen MR) is 114 cm³/mol. The first-order valence-corrected chi connectivity index (χ1v) is 9.66. The van der Waals surface area contributed by atoms with E-state index in [0.29, 0.717) is 24.7 Å². The SMILES string of the molecule is NCc1cccc(NC(=O)N2CCN(c3ccnc4cc(Cl)ccc34)CC2)c1. The zero-order valence-electron chi connectivity index (χ0n) is 15.4. The Hall–Kier alpha value is -2.83. The molecule has 144 valence electrons. The van der Waals surface area contributed by atoms with Crippen LogP contribution < -0.4 is 16.0 Å². The van der Waals surface area contributed by atoms with Crippen LogP contribution in [0.25, 0.3) is 10.9 Å². The van der Waals surface area contributed by atoms with Crippen molar-refractivity contribution >= 4 is 39.9 Å². The number of anilines is 2. The van der Waals surface area contributed by atoms with Gasteiger partial charge in [-0.25, -0.2) is 4.79 Å². The van der Waals surface area contributed by atoms with E-state index in [2.05, 4.69) is 15.2 Å². The lowest BCUT2D eigenvalue weighted by molar-refractivity contribution is 0.208. The second kappa shape index (κ2) is 8.04. The Morgan fingerprint density at radius 3 is 2.71 bits per heavy atom. The van der Waals surface area contributed by atoms with Gasteiger partial charge in [0.2, 0.25) is 0 Å². The molecule has 28 heavy (non-hydrogen) atoms. The molecule has 4 rings (SSSR count). The number of halogens is 1. The van der Waals surface area contributed by atoms with Crippen molar-refractivity contribution in [2.24, 2.45) is 5.73 Å². The highest BCUT2D eigenvalue weighted by Crippen LogP contribution is 2.28. The number of benzene rings is 2. The molecule has 3 aromatic rings. The number of urea groups is 1. The first-order chi connectivity index (χ1) is 13.6. The molecule has 2 heterocycles. The van der Waals surface area contributed by atoms with E-state index in [1.165, 1.54) is 0 Å². The number of fused-ring (bicyclic) bond motifs is 1. The van der Waals surface area contributed by atoms with Crippen molar-refractivity contribution in [2.75, 3.05) is 36.4 Å². The zero-order chi connectivity index (χ0) is 19.5. The molecule has 1 aliphatic rings. The number of hydrogen-bond acceptors (Lipinski definition) is 4. The van der Waals surface area contributed by atoms with E-state index < -0.39 is 0 Å². The van der Waals surface area contributed by atoms with Crippen LogP contribution in [0, 0.1) is 0 Å². The lowest BCUT2D eigenvalue weighted by atomic mass is 10.1. The van der Waals surface area contributed by atoms with Crippen molar-refractivity contribution in [1.82, 2.24) is 9.88 Å². The highest BCUT2D eigenvalue weighted by atomic mass is 35.5. The van der Waals surface area contributed by atoms with Gasteiger partial charge < -0.3 is 20.9 Å². The molecule has 0 radical (unpaired) electrons. The zero-order valence-corrected chi connectivity index (χ0v) is 16.2. The molecular weight excluding hydrogens is 374 g/mol. The summed E-state index contributed by atoms with van der Waals surface area (Å²) in [4.78, 5) is 21.1. The number of hydrogen-bond donors (Lipinski definition) is 2. The maximum absolute atomic E-state index is 12.6. The molecule has 2 amide bonds. The largest absolute Gasteiger partial charge is 0.367 e. The lowest BCUT2D eigenvalue weighted by Gasteiger charge is -2.36. The Balaban J connectivity index is 1.42. The third-order valence-corrected chi connectivity index (χ3v) is 5.24. The van der Waals surface area contributed by atoms with Gasteiger partial charge in [-0.3, -0.25) is 4.98 Å². The standard InChI is InChI=1S/C21H22ClN5O/c22-16-4-5-18-19(13-16)24-7-6-20(18)26-8-10-27(11-9-26)21(28)25-17-3-1-2-15(12-17)14-23/h1-7,12-13H,8-11,14,23H2,(H,25,28). The number of nitrogens with zero attached hydrogens (tertiary/aromatic N) is 3. The van der Waals surface area contributed by atoms with Crippen molar-refractivity contribution in [1.29, 1.82) is 0 Å². The van der Waals surface area contributed by atoms with Gasteiger partial charge in [0.1, 0.15) is 0 Å². The topological polar surface area (TPSA) is 74.5 Å². The molecule has 0 bridgehead atoms. The minimum absolute atomic E-state index is 0.0832. The third-order valence-electron chi connectivity index (χ3n) is 5.00. The number of pyridine rings is 1. The van der Waals surface area contributed by atoms with E-state index in [1.54, 1.807) is 6.20 Å². The monoisotopic (exact) mass is 395 g/mol. The van der Waals surface area contributed by atoms with Gasteiger partial charge >= 0.3 is 6.03 Å². The molecule has 6 nitrogen and oxygen atoms in total. The number of carbonyl (C=O) groups excluding carboxylic acids is 1. The summed E-state index contributed by atoms with van der Waals surface area (Å²) in [5.74, 6) is 0. The molecular formula is C21H22ClN5O. The smallest absolute Gasteiger partial charge is 0.321 e. The van der Waals surface area contributed by atoms with Gasteiger partial charge in [-0.05, 0) is 42.0 Å². The Morgan fingerprint density at radius 2 is 1.93 bits per heavy atom. The van der Waals surface area contributed by atoms with Gasteiger partial charge in [0, 0.05) is 60.7 Å². The average molecular weight is 396 g/mol. The van der Waals surface area contributed by atoms with Crippen molar-refractivity contribution in [3.05, 3.63) is 65.3 Å². The predicted octanol–water partition coefficient (Wildman–Crippen LogP) is 3.70. The van der Waals surface area contributed by atoms with Crippen LogP contribution in [0.1, 0.15) is 5.56 Å². The molecule has 7 heteroatoms. The Kier molecular flexibility index (Phi) is 5.32. The average Bonchev–Trinajstić information content (AvgIpc) is 2.73. The summed E-state index contributed by atoms with van der Waals surface area (Å²) >= 11 is 6.08. The molecule has 1 saturated heterocycles. The van der Waals surface area contributed by atoms with E-state index in [0.717, 1.165) is 40.9 Å². The van der Waals surface area contributed by atoms with E-state index in [9.17, 15) is 4.79 Å². The fraction of sp³-hybridized carbons (Fsp3) is 0.238. The number of rotatable bonds is 3. The number of aromatic nitrogens is 1. The van der Waals surface area contributed by atoms with E-state index in [4.69, 9.17) is 17.3 Å². The second-order valence-corrected chi connectivity index (χ2v) is 7.24. The molecule has 0 saturated carbocycles. The fourth-order valence-electron chi connectivity index (χ4n) is 3.51. The highest BCUT2D eigenvalue weighted by molar-refractivity contribution is 6.31.